The summed E-state index contributed by atoms with van der Waals surface area (Å²) in [5.41, 5.74) is 4.63. The van der Waals surface area contributed by atoms with E-state index >= 15 is 0 Å². The zero-order chi connectivity index (χ0) is 25.7. The Labute approximate surface area is 217 Å². The maximum atomic E-state index is 13.3. The van der Waals surface area contributed by atoms with Crippen LogP contribution in [-0.4, -0.2) is 20.6 Å². The van der Waals surface area contributed by atoms with E-state index in [9.17, 15) is 13.2 Å². The van der Waals surface area contributed by atoms with Crippen molar-refractivity contribution in [1.29, 1.82) is 0 Å². The lowest BCUT2D eigenvalue weighted by atomic mass is 9.94. The molecule has 1 N–H and O–H groups in total. The first-order valence-electron chi connectivity index (χ1n) is 11.5. The van der Waals surface area contributed by atoms with E-state index in [1.54, 1.807) is 42.5 Å². The first kappa shape index (κ1) is 25.5. The van der Waals surface area contributed by atoms with Crippen molar-refractivity contribution in [3.8, 4) is 0 Å². The molecule has 184 valence electrons. The molecule has 1 atom stereocenters. The van der Waals surface area contributed by atoms with Crippen LogP contribution < -0.4 is 9.62 Å². The summed E-state index contributed by atoms with van der Waals surface area (Å²) in [6, 6.07) is 31.1. The summed E-state index contributed by atoms with van der Waals surface area (Å²) in [5, 5.41) is 3.64. The molecular formula is C29H27ClN2O3S. The van der Waals surface area contributed by atoms with Crippen LogP contribution in [0.1, 0.15) is 38.7 Å². The minimum atomic E-state index is -3.59. The molecule has 0 bridgehead atoms. The molecule has 0 saturated heterocycles. The Balaban J connectivity index is 1.60. The lowest BCUT2D eigenvalue weighted by molar-refractivity contribution is 0.0943. The molecule has 0 spiro atoms. The first-order chi connectivity index (χ1) is 17.2. The first-order valence-corrected chi connectivity index (χ1v) is 13.7. The molecule has 7 heteroatoms. The number of halogens is 1. The van der Waals surface area contributed by atoms with Crippen molar-refractivity contribution < 1.29 is 13.2 Å². The van der Waals surface area contributed by atoms with Gasteiger partial charge in [-0.3, -0.25) is 9.10 Å². The highest BCUT2D eigenvalue weighted by molar-refractivity contribution is 7.92. The molecule has 5 nitrogen and oxygen atoms in total. The second-order valence-electron chi connectivity index (χ2n) is 8.58. The van der Waals surface area contributed by atoms with E-state index in [0.717, 1.165) is 22.9 Å². The van der Waals surface area contributed by atoms with Crippen LogP contribution >= 0.6 is 11.6 Å². The second kappa shape index (κ2) is 11.0. The van der Waals surface area contributed by atoms with Gasteiger partial charge in [-0.2, -0.15) is 0 Å². The number of carbonyl (C=O) groups excluding carboxylic acids is 1. The number of sulfonamides is 1. The van der Waals surface area contributed by atoms with Gasteiger partial charge in [0.25, 0.3) is 5.91 Å². The molecule has 0 heterocycles. The number of anilines is 1. The summed E-state index contributed by atoms with van der Waals surface area (Å²) in [7, 11) is -3.59. The number of rotatable bonds is 8. The minimum Gasteiger partial charge on any atom is -0.341 e. The van der Waals surface area contributed by atoms with E-state index in [1.165, 1.54) is 4.31 Å². The van der Waals surface area contributed by atoms with Crippen LogP contribution in [-0.2, 0) is 16.6 Å². The molecular weight excluding hydrogens is 492 g/mol. The molecule has 0 aliphatic heterocycles. The highest BCUT2D eigenvalue weighted by atomic mass is 35.5. The molecule has 4 aromatic rings. The Morgan fingerprint density at radius 3 is 2.11 bits per heavy atom. The summed E-state index contributed by atoms with van der Waals surface area (Å²) >= 11 is 6.26. The maximum absolute atomic E-state index is 13.3. The predicted molar refractivity (Wildman–Crippen MR) is 146 cm³/mol. The van der Waals surface area contributed by atoms with Crippen molar-refractivity contribution in [2.24, 2.45) is 0 Å². The Kier molecular flexibility index (Phi) is 7.77. The van der Waals surface area contributed by atoms with Crippen molar-refractivity contribution in [3.63, 3.8) is 0 Å². The van der Waals surface area contributed by atoms with Gasteiger partial charge in [-0.25, -0.2) is 8.42 Å². The third-order valence-corrected chi connectivity index (χ3v) is 7.51. The summed E-state index contributed by atoms with van der Waals surface area (Å²) in [6.07, 6.45) is 1.15. The van der Waals surface area contributed by atoms with Gasteiger partial charge in [0.2, 0.25) is 10.0 Å². The number of benzene rings is 4. The fourth-order valence-electron chi connectivity index (χ4n) is 4.07. The van der Waals surface area contributed by atoms with Gasteiger partial charge < -0.3 is 5.32 Å². The zero-order valence-corrected chi connectivity index (χ0v) is 21.6. The summed E-state index contributed by atoms with van der Waals surface area (Å²) in [5.74, 6) is -0.254. The third kappa shape index (κ3) is 5.96. The van der Waals surface area contributed by atoms with Crippen molar-refractivity contribution >= 4 is 33.2 Å². The molecule has 0 fully saturated rings. The van der Waals surface area contributed by atoms with Crippen molar-refractivity contribution in [2.45, 2.75) is 19.5 Å². The van der Waals surface area contributed by atoms with Crippen LogP contribution in [0.3, 0.4) is 0 Å². The lowest BCUT2D eigenvalue weighted by Gasteiger charge is -2.24. The van der Waals surface area contributed by atoms with Crippen molar-refractivity contribution in [3.05, 3.63) is 136 Å². The largest absolute Gasteiger partial charge is 0.341 e. The maximum Gasteiger partial charge on any atom is 0.252 e. The van der Waals surface area contributed by atoms with E-state index in [4.69, 9.17) is 11.6 Å². The summed E-state index contributed by atoms with van der Waals surface area (Å²) < 4.78 is 26.4. The average molecular weight is 519 g/mol. The molecule has 0 unspecified atom stereocenters. The summed E-state index contributed by atoms with van der Waals surface area (Å²) in [4.78, 5) is 13.3. The normalized spacial score (nSPS) is 12.1. The van der Waals surface area contributed by atoms with Gasteiger partial charge in [-0.1, -0.05) is 84.4 Å². The van der Waals surface area contributed by atoms with E-state index < -0.39 is 10.0 Å². The zero-order valence-electron chi connectivity index (χ0n) is 20.1. The molecule has 36 heavy (non-hydrogen) atoms. The monoisotopic (exact) mass is 518 g/mol. The van der Waals surface area contributed by atoms with Gasteiger partial charge in [0.15, 0.2) is 0 Å². The standard InChI is InChI=1S/C29H27ClN2O3S/c1-21-10-6-8-14-26(21)28(22-11-4-3-5-12-22)31-29(33)23-16-18-25(19-17-23)32(36(2,34)35)20-24-13-7-9-15-27(24)30/h3-19,28H,20H2,1-2H3,(H,31,33)/t28-/m1/s1. The number of carbonyl (C=O) groups is 1. The van der Waals surface area contributed by atoms with Crippen LogP contribution in [0.25, 0.3) is 0 Å². The number of hydrogen-bond donors (Lipinski definition) is 1. The van der Waals surface area contributed by atoms with Crippen LogP contribution in [0.2, 0.25) is 5.02 Å². The van der Waals surface area contributed by atoms with Gasteiger partial charge >= 0.3 is 0 Å². The Morgan fingerprint density at radius 2 is 1.47 bits per heavy atom. The SMILES string of the molecule is Cc1ccccc1[C@H](NC(=O)c1ccc(N(Cc2ccccc2Cl)S(C)(=O)=O)cc1)c1ccccc1. The van der Waals surface area contributed by atoms with E-state index in [0.29, 0.717) is 21.8 Å². The molecule has 0 aliphatic rings. The van der Waals surface area contributed by atoms with Crippen molar-refractivity contribution in [1.82, 2.24) is 5.32 Å². The molecule has 0 radical (unpaired) electrons. The highest BCUT2D eigenvalue weighted by Crippen LogP contribution is 2.27. The molecule has 4 aromatic carbocycles. The third-order valence-electron chi connectivity index (χ3n) is 6.00. The Morgan fingerprint density at radius 1 is 0.861 bits per heavy atom. The van der Waals surface area contributed by atoms with Crippen LogP contribution in [0, 0.1) is 6.92 Å². The number of amides is 1. The van der Waals surface area contributed by atoms with Crippen molar-refractivity contribution in [2.75, 3.05) is 10.6 Å². The fraction of sp³-hybridized carbons (Fsp3) is 0.138. The van der Waals surface area contributed by atoms with Crippen LogP contribution in [0.15, 0.2) is 103 Å². The quantitative estimate of drug-likeness (QED) is 0.305. The van der Waals surface area contributed by atoms with Gasteiger partial charge in [0.1, 0.15) is 0 Å². The topological polar surface area (TPSA) is 66.5 Å². The average Bonchev–Trinajstić information content (AvgIpc) is 2.87. The highest BCUT2D eigenvalue weighted by Gasteiger charge is 2.22. The second-order valence-corrected chi connectivity index (χ2v) is 10.9. The van der Waals surface area contributed by atoms with Gasteiger partial charge in [0, 0.05) is 10.6 Å². The van der Waals surface area contributed by atoms with E-state index in [1.807, 2.05) is 67.6 Å². The molecule has 1 amide bonds. The number of hydrogen-bond acceptors (Lipinski definition) is 3. The number of nitrogens with zero attached hydrogens (tertiary/aromatic N) is 1. The predicted octanol–water partition coefficient (Wildman–Crippen LogP) is 6.13. The summed E-state index contributed by atoms with van der Waals surface area (Å²) in [6.45, 7) is 2.11. The van der Waals surface area contributed by atoms with Crippen LogP contribution in [0.5, 0.6) is 0 Å². The van der Waals surface area contributed by atoms with Gasteiger partial charge in [-0.15, -0.1) is 0 Å². The van der Waals surface area contributed by atoms with E-state index in [2.05, 4.69) is 5.32 Å². The fourth-order valence-corrected chi connectivity index (χ4v) is 5.15. The molecule has 0 aromatic heterocycles. The smallest absolute Gasteiger partial charge is 0.252 e. The number of nitrogens with one attached hydrogen (secondary N) is 1. The molecule has 0 saturated carbocycles. The Bertz CT molecular complexity index is 1460. The lowest BCUT2D eigenvalue weighted by Crippen LogP contribution is -2.31. The number of aryl methyl sites for hydroxylation is 1. The van der Waals surface area contributed by atoms with Crippen LogP contribution in [0.4, 0.5) is 5.69 Å². The Hall–Kier alpha value is -3.61. The molecule has 4 rings (SSSR count). The van der Waals surface area contributed by atoms with Gasteiger partial charge in [-0.05, 0) is 59.5 Å². The van der Waals surface area contributed by atoms with Gasteiger partial charge in [0.05, 0.1) is 24.5 Å². The molecule has 0 aliphatic carbocycles. The van der Waals surface area contributed by atoms with E-state index in [-0.39, 0.29) is 18.5 Å². The minimum absolute atomic E-state index is 0.0907.